The largest absolute Gasteiger partial charge is 0.486 e. The molecule has 0 saturated carbocycles. The molecule has 172 valence electrons. The lowest BCUT2D eigenvalue weighted by atomic mass is 10.2. The Bertz CT molecular complexity index is 1120. The molecule has 5 rings (SSSR count). The van der Waals surface area contributed by atoms with Crippen molar-refractivity contribution in [2.75, 3.05) is 45.2 Å². The molecule has 1 fully saturated rings. The molecule has 9 heteroatoms. The molecule has 1 atom stereocenters. The topological polar surface area (TPSA) is 85.8 Å². The maximum absolute atomic E-state index is 12.5. The highest BCUT2D eigenvalue weighted by Gasteiger charge is 2.21. The van der Waals surface area contributed by atoms with Crippen LogP contribution in [-0.2, 0) is 16.1 Å². The van der Waals surface area contributed by atoms with Crippen molar-refractivity contribution in [3.05, 3.63) is 54.4 Å². The van der Waals surface area contributed by atoms with E-state index < -0.39 is 0 Å². The smallest absolute Gasteiger partial charge is 0.230 e. The number of nitrogens with zero attached hydrogens (tertiary/aromatic N) is 3. The fourth-order valence-electron chi connectivity index (χ4n) is 3.81. The van der Waals surface area contributed by atoms with Gasteiger partial charge in [-0.15, -0.1) is 0 Å². The van der Waals surface area contributed by atoms with Crippen LogP contribution < -0.4 is 14.8 Å². The number of aromatic nitrogens is 2. The average Bonchev–Trinajstić information content (AvgIpc) is 2.86. The maximum atomic E-state index is 12.5. The summed E-state index contributed by atoms with van der Waals surface area (Å²) in [7, 11) is 0. The summed E-state index contributed by atoms with van der Waals surface area (Å²) in [5, 5.41) is 4.74. The molecule has 3 heterocycles. The Kier molecular flexibility index (Phi) is 6.89. The Morgan fingerprint density at radius 1 is 1.06 bits per heavy atom. The van der Waals surface area contributed by atoms with Gasteiger partial charge < -0.3 is 19.5 Å². The predicted molar refractivity (Wildman–Crippen MR) is 126 cm³/mol. The third-order valence-corrected chi connectivity index (χ3v) is 6.51. The van der Waals surface area contributed by atoms with Crippen LogP contribution in [0.4, 0.5) is 0 Å². The maximum Gasteiger partial charge on any atom is 0.230 e. The molecule has 0 bridgehead atoms. The van der Waals surface area contributed by atoms with Crippen molar-refractivity contribution in [1.29, 1.82) is 0 Å². The van der Waals surface area contributed by atoms with E-state index in [4.69, 9.17) is 24.2 Å². The zero-order chi connectivity index (χ0) is 22.5. The summed E-state index contributed by atoms with van der Waals surface area (Å²) in [6.07, 6.45) is -0.214. The Morgan fingerprint density at radius 3 is 2.73 bits per heavy atom. The van der Waals surface area contributed by atoms with E-state index in [0.29, 0.717) is 25.4 Å². The van der Waals surface area contributed by atoms with Crippen LogP contribution in [0.5, 0.6) is 11.5 Å². The fraction of sp³-hybridized carbons (Fsp3) is 0.375. The van der Waals surface area contributed by atoms with Crippen LogP contribution >= 0.6 is 11.8 Å². The van der Waals surface area contributed by atoms with Crippen LogP contribution in [-0.4, -0.2) is 72.1 Å². The molecule has 33 heavy (non-hydrogen) atoms. The number of hydrogen-bond donors (Lipinski definition) is 1. The molecular weight excluding hydrogens is 440 g/mol. The van der Waals surface area contributed by atoms with Crippen molar-refractivity contribution in [2.24, 2.45) is 0 Å². The lowest BCUT2D eigenvalue weighted by Gasteiger charge is -2.26. The summed E-state index contributed by atoms with van der Waals surface area (Å²) >= 11 is 1.43. The highest BCUT2D eigenvalue weighted by atomic mass is 32.2. The number of benzene rings is 2. The van der Waals surface area contributed by atoms with Gasteiger partial charge in [-0.25, -0.2) is 9.97 Å². The van der Waals surface area contributed by atoms with Crippen molar-refractivity contribution >= 4 is 28.6 Å². The Morgan fingerprint density at radius 2 is 1.85 bits per heavy atom. The number of hydrogen-bond acceptors (Lipinski definition) is 8. The van der Waals surface area contributed by atoms with Gasteiger partial charge in [0.1, 0.15) is 23.6 Å². The molecule has 3 aromatic rings. The Labute approximate surface area is 196 Å². The zero-order valence-corrected chi connectivity index (χ0v) is 19.1. The van der Waals surface area contributed by atoms with E-state index in [9.17, 15) is 4.79 Å². The summed E-state index contributed by atoms with van der Waals surface area (Å²) in [5.74, 6) is 2.41. The highest BCUT2D eigenvalue weighted by Crippen LogP contribution is 2.30. The van der Waals surface area contributed by atoms with Crippen LogP contribution in [0, 0.1) is 0 Å². The second-order valence-corrected chi connectivity index (χ2v) is 8.91. The summed E-state index contributed by atoms with van der Waals surface area (Å²) in [4.78, 5) is 24.4. The molecule has 1 saturated heterocycles. The first-order chi connectivity index (χ1) is 16.2. The second-order valence-electron chi connectivity index (χ2n) is 7.94. The lowest BCUT2D eigenvalue weighted by molar-refractivity contribution is -0.119. The first-order valence-electron chi connectivity index (χ1n) is 11.1. The van der Waals surface area contributed by atoms with E-state index in [1.165, 1.54) is 11.8 Å². The van der Waals surface area contributed by atoms with Gasteiger partial charge in [-0.2, -0.15) is 0 Å². The quantitative estimate of drug-likeness (QED) is 0.420. The van der Waals surface area contributed by atoms with E-state index in [1.54, 1.807) is 0 Å². The summed E-state index contributed by atoms with van der Waals surface area (Å²) in [5.41, 5.74) is 0.894. The highest BCUT2D eigenvalue weighted by molar-refractivity contribution is 8.00. The van der Waals surface area contributed by atoms with Gasteiger partial charge in [0.25, 0.3) is 0 Å². The number of carbonyl (C=O) groups is 1. The second kappa shape index (κ2) is 10.4. The molecule has 2 aromatic carbocycles. The van der Waals surface area contributed by atoms with Gasteiger partial charge >= 0.3 is 0 Å². The normalized spacial score (nSPS) is 18.2. The summed E-state index contributed by atoms with van der Waals surface area (Å²) in [6.45, 7) is 4.69. The van der Waals surface area contributed by atoms with Gasteiger partial charge in [0, 0.05) is 18.5 Å². The third-order valence-electron chi connectivity index (χ3n) is 5.52. The van der Waals surface area contributed by atoms with Crippen molar-refractivity contribution < 1.29 is 19.0 Å². The molecule has 0 spiro atoms. The monoisotopic (exact) mass is 466 g/mol. The van der Waals surface area contributed by atoms with Crippen LogP contribution in [0.25, 0.3) is 10.9 Å². The Balaban J connectivity index is 1.19. The summed E-state index contributed by atoms with van der Waals surface area (Å²) in [6, 6.07) is 15.5. The number of amides is 1. The van der Waals surface area contributed by atoms with Gasteiger partial charge in [-0.1, -0.05) is 42.1 Å². The minimum atomic E-state index is -0.214. The number of morpholine rings is 1. The summed E-state index contributed by atoms with van der Waals surface area (Å²) < 4.78 is 17.1. The van der Waals surface area contributed by atoms with E-state index in [2.05, 4.69) is 10.2 Å². The SMILES string of the molecule is O=C(CSc1nc(CN2CCOCC2)nc2ccccc12)NC[C@@H]1COc2ccccc2O1. The van der Waals surface area contributed by atoms with Crippen molar-refractivity contribution in [1.82, 2.24) is 20.2 Å². The van der Waals surface area contributed by atoms with E-state index in [1.807, 2.05) is 48.5 Å². The van der Waals surface area contributed by atoms with Crippen LogP contribution in [0.15, 0.2) is 53.6 Å². The molecular formula is C24H26N4O4S. The van der Waals surface area contributed by atoms with Gasteiger partial charge in [0.15, 0.2) is 11.5 Å². The number of nitrogens with one attached hydrogen (secondary N) is 1. The molecule has 0 radical (unpaired) electrons. The molecule has 1 amide bonds. The minimum absolute atomic E-state index is 0.0696. The lowest BCUT2D eigenvalue weighted by Crippen LogP contribution is -2.41. The molecule has 0 unspecified atom stereocenters. The van der Waals surface area contributed by atoms with Crippen LogP contribution in [0.3, 0.4) is 0 Å². The molecule has 2 aliphatic heterocycles. The number of fused-ring (bicyclic) bond motifs is 2. The standard InChI is InChI=1S/C24H26N4O4S/c29-23(25-13-17-15-31-20-7-3-4-8-21(20)32-17)16-33-24-18-5-1-2-6-19(18)26-22(27-24)14-28-9-11-30-12-10-28/h1-8,17H,9-16H2,(H,25,29)/t17-/m1/s1. The number of thioether (sulfide) groups is 1. The first-order valence-corrected chi connectivity index (χ1v) is 12.1. The minimum Gasteiger partial charge on any atom is -0.486 e. The van der Waals surface area contributed by atoms with E-state index >= 15 is 0 Å². The fourth-order valence-corrected chi connectivity index (χ4v) is 4.68. The van der Waals surface area contributed by atoms with Crippen molar-refractivity contribution in [3.63, 3.8) is 0 Å². The van der Waals surface area contributed by atoms with E-state index in [-0.39, 0.29) is 17.8 Å². The molecule has 2 aliphatic rings. The Hall–Kier alpha value is -2.88. The van der Waals surface area contributed by atoms with Gasteiger partial charge in [-0.3, -0.25) is 9.69 Å². The van der Waals surface area contributed by atoms with Crippen molar-refractivity contribution in [2.45, 2.75) is 17.7 Å². The van der Waals surface area contributed by atoms with Gasteiger partial charge in [0.05, 0.1) is 37.6 Å². The number of rotatable bonds is 7. The molecule has 1 N–H and O–H groups in total. The first kappa shape index (κ1) is 21.9. The molecule has 8 nitrogen and oxygen atoms in total. The average molecular weight is 467 g/mol. The molecule has 0 aliphatic carbocycles. The van der Waals surface area contributed by atoms with Crippen LogP contribution in [0.2, 0.25) is 0 Å². The predicted octanol–water partition coefficient (Wildman–Crippen LogP) is 2.51. The number of carbonyl (C=O) groups excluding carboxylic acids is 1. The zero-order valence-electron chi connectivity index (χ0n) is 18.2. The third kappa shape index (κ3) is 5.55. The number of para-hydroxylation sites is 3. The van der Waals surface area contributed by atoms with Gasteiger partial charge in [-0.05, 0) is 18.2 Å². The number of ether oxygens (including phenoxy) is 3. The van der Waals surface area contributed by atoms with E-state index in [0.717, 1.165) is 53.8 Å². The van der Waals surface area contributed by atoms with Crippen LogP contribution in [0.1, 0.15) is 5.82 Å². The van der Waals surface area contributed by atoms with Gasteiger partial charge in [0.2, 0.25) is 5.91 Å². The molecule has 1 aromatic heterocycles. The van der Waals surface area contributed by atoms with Crippen molar-refractivity contribution in [3.8, 4) is 11.5 Å².